The van der Waals surface area contributed by atoms with E-state index in [0.29, 0.717) is 12.2 Å². The fourth-order valence-corrected chi connectivity index (χ4v) is 4.41. The van der Waals surface area contributed by atoms with Crippen LogP contribution >= 0.6 is 23.4 Å². The van der Waals surface area contributed by atoms with E-state index in [1.807, 2.05) is 6.92 Å². The van der Waals surface area contributed by atoms with Gasteiger partial charge < -0.3 is 10.2 Å². The van der Waals surface area contributed by atoms with Crippen LogP contribution in [0.15, 0.2) is 18.2 Å². The summed E-state index contributed by atoms with van der Waals surface area (Å²) in [5.74, 6) is -0.428. The molecule has 0 unspecified atom stereocenters. The maximum Gasteiger partial charge on any atom is 0.248 e. The van der Waals surface area contributed by atoms with Crippen LogP contribution in [0.3, 0.4) is 0 Å². The predicted molar refractivity (Wildman–Crippen MR) is 80.8 cm³/mol. The molecule has 0 aromatic heterocycles. The molecular formula is C14H14ClFN2O2S. The Morgan fingerprint density at radius 3 is 3.05 bits per heavy atom. The molecule has 4 nitrogen and oxygen atoms in total. The van der Waals surface area contributed by atoms with Crippen LogP contribution in [0, 0.1) is 5.82 Å². The number of hydrogen-bond acceptors (Lipinski definition) is 3. The van der Waals surface area contributed by atoms with Gasteiger partial charge >= 0.3 is 0 Å². The second kappa shape index (κ2) is 5.18. The normalized spacial score (nSPS) is 27.9. The quantitative estimate of drug-likeness (QED) is 0.908. The summed E-state index contributed by atoms with van der Waals surface area (Å²) < 4.78 is 13.7. The van der Waals surface area contributed by atoms with Gasteiger partial charge in [0.25, 0.3) is 0 Å². The Bertz CT molecular complexity index is 627. The molecule has 2 saturated heterocycles. The van der Waals surface area contributed by atoms with Gasteiger partial charge in [-0.2, -0.15) is 0 Å². The monoisotopic (exact) mass is 328 g/mol. The molecule has 1 aromatic rings. The number of carbonyl (C=O) groups excluding carboxylic acids is 2. The number of anilines is 1. The molecule has 0 radical (unpaired) electrons. The van der Waals surface area contributed by atoms with Gasteiger partial charge in [0.2, 0.25) is 11.8 Å². The van der Waals surface area contributed by atoms with Gasteiger partial charge in [-0.3, -0.25) is 9.59 Å². The molecule has 0 saturated carbocycles. The minimum atomic E-state index is -0.586. The van der Waals surface area contributed by atoms with E-state index in [9.17, 15) is 14.0 Å². The topological polar surface area (TPSA) is 49.4 Å². The molecule has 112 valence electrons. The Labute approximate surface area is 131 Å². The highest BCUT2D eigenvalue weighted by atomic mass is 35.5. The van der Waals surface area contributed by atoms with Gasteiger partial charge in [-0.25, -0.2) is 4.39 Å². The van der Waals surface area contributed by atoms with Crippen LogP contribution in [0.2, 0.25) is 5.02 Å². The van der Waals surface area contributed by atoms with Crippen molar-refractivity contribution in [3.8, 4) is 0 Å². The van der Waals surface area contributed by atoms with Crippen molar-refractivity contribution in [1.29, 1.82) is 0 Å². The molecule has 2 amide bonds. The smallest absolute Gasteiger partial charge is 0.248 e. The van der Waals surface area contributed by atoms with Gasteiger partial charge in [0, 0.05) is 17.2 Å². The Balaban J connectivity index is 1.78. The number of nitrogens with zero attached hydrogens (tertiary/aromatic N) is 1. The second-order valence-electron chi connectivity index (χ2n) is 5.38. The molecule has 0 bridgehead atoms. The minimum absolute atomic E-state index is 0.0146. The summed E-state index contributed by atoms with van der Waals surface area (Å²) in [5, 5.41) is 2.82. The van der Waals surface area contributed by atoms with E-state index in [1.165, 1.54) is 12.1 Å². The van der Waals surface area contributed by atoms with Crippen LogP contribution in [0.5, 0.6) is 0 Å². The third kappa shape index (κ3) is 2.51. The summed E-state index contributed by atoms with van der Waals surface area (Å²) >= 11 is 7.28. The lowest BCUT2D eigenvalue weighted by atomic mass is 10.2. The highest BCUT2D eigenvalue weighted by Gasteiger charge is 2.52. The third-order valence-electron chi connectivity index (χ3n) is 3.94. The van der Waals surface area contributed by atoms with Crippen LogP contribution in [-0.2, 0) is 9.59 Å². The van der Waals surface area contributed by atoms with Crippen LogP contribution in [0.1, 0.15) is 19.8 Å². The highest BCUT2D eigenvalue weighted by Crippen LogP contribution is 2.47. The molecule has 1 aromatic carbocycles. The number of rotatable bonds is 2. The Kier molecular flexibility index (Phi) is 3.61. The first kappa shape index (κ1) is 14.7. The fraction of sp³-hybridized carbons (Fsp3) is 0.429. The standard InChI is InChI=1S/C14H14ClFN2O2S/c1-14-5-4-12(19)18(14)11(7-21-14)13(20)17-10-3-2-8(15)6-9(10)16/h2-3,6,11H,4-5,7H2,1H3,(H,17,20)/t11-,14+/m0/s1. The first-order valence-corrected chi connectivity index (χ1v) is 7.99. The number of hydrogen-bond donors (Lipinski definition) is 1. The zero-order valence-electron chi connectivity index (χ0n) is 11.4. The summed E-state index contributed by atoms with van der Waals surface area (Å²) in [4.78, 5) is 25.7. The predicted octanol–water partition coefficient (Wildman–Crippen LogP) is 2.87. The van der Waals surface area contributed by atoms with Crippen molar-refractivity contribution in [3.05, 3.63) is 29.0 Å². The van der Waals surface area contributed by atoms with Crippen molar-refractivity contribution in [3.63, 3.8) is 0 Å². The Hall–Kier alpha value is -1.27. The zero-order valence-corrected chi connectivity index (χ0v) is 12.9. The number of benzene rings is 1. The Morgan fingerprint density at radius 1 is 1.57 bits per heavy atom. The Morgan fingerprint density at radius 2 is 2.33 bits per heavy atom. The molecule has 0 aliphatic carbocycles. The van der Waals surface area contributed by atoms with Gasteiger partial charge in [-0.05, 0) is 31.5 Å². The van der Waals surface area contributed by atoms with Crippen molar-refractivity contribution in [2.75, 3.05) is 11.1 Å². The van der Waals surface area contributed by atoms with E-state index >= 15 is 0 Å². The molecule has 2 aliphatic rings. The van der Waals surface area contributed by atoms with Crippen LogP contribution in [0.4, 0.5) is 10.1 Å². The van der Waals surface area contributed by atoms with Crippen molar-refractivity contribution in [1.82, 2.24) is 4.90 Å². The number of thioether (sulfide) groups is 1. The molecule has 0 spiro atoms. The number of fused-ring (bicyclic) bond motifs is 1. The van der Waals surface area contributed by atoms with E-state index in [1.54, 1.807) is 16.7 Å². The number of amides is 2. The van der Waals surface area contributed by atoms with Crippen LogP contribution in [-0.4, -0.2) is 33.4 Å². The van der Waals surface area contributed by atoms with Crippen LogP contribution < -0.4 is 5.32 Å². The molecule has 1 N–H and O–H groups in total. The van der Waals surface area contributed by atoms with E-state index < -0.39 is 11.9 Å². The number of nitrogens with one attached hydrogen (secondary N) is 1. The van der Waals surface area contributed by atoms with Crippen LogP contribution in [0.25, 0.3) is 0 Å². The average molecular weight is 329 g/mol. The lowest BCUT2D eigenvalue weighted by Crippen LogP contribution is -2.48. The molecule has 2 heterocycles. The van der Waals surface area contributed by atoms with Crippen molar-refractivity contribution in [2.24, 2.45) is 0 Å². The van der Waals surface area contributed by atoms with Gasteiger partial charge in [0.1, 0.15) is 11.9 Å². The van der Waals surface area contributed by atoms with Crippen molar-refractivity contribution >= 4 is 40.9 Å². The zero-order chi connectivity index (χ0) is 15.2. The molecule has 2 fully saturated rings. The van der Waals surface area contributed by atoms with E-state index in [0.717, 1.165) is 12.5 Å². The summed E-state index contributed by atoms with van der Waals surface area (Å²) in [6.45, 7) is 1.97. The maximum atomic E-state index is 13.7. The summed E-state index contributed by atoms with van der Waals surface area (Å²) in [7, 11) is 0. The lowest BCUT2D eigenvalue weighted by molar-refractivity contribution is -0.135. The van der Waals surface area contributed by atoms with Gasteiger partial charge in [-0.15, -0.1) is 11.8 Å². The minimum Gasteiger partial charge on any atom is -0.322 e. The largest absolute Gasteiger partial charge is 0.322 e. The van der Waals surface area contributed by atoms with Gasteiger partial charge in [0.15, 0.2) is 0 Å². The van der Waals surface area contributed by atoms with E-state index in [-0.39, 0.29) is 27.4 Å². The average Bonchev–Trinajstić information content (AvgIpc) is 2.90. The maximum absolute atomic E-state index is 13.7. The van der Waals surface area contributed by atoms with Crippen molar-refractivity contribution < 1.29 is 14.0 Å². The fourth-order valence-electron chi connectivity index (χ4n) is 2.82. The van der Waals surface area contributed by atoms with Gasteiger partial charge in [-0.1, -0.05) is 11.6 Å². The molecule has 7 heteroatoms. The number of halogens is 2. The van der Waals surface area contributed by atoms with E-state index in [2.05, 4.69) is 5.32 Å². The molecular weight excluding hydrogens is 315 g/mol. The van der Waals surface area contributed by atoms with E-state index in [4.69, 9.17) is 11.6 Å². The highest BCUT2D eigenvalue weighted by molar-refractivity contribution is 8.01. The van der Waals surface area contributed by atoms with Gasteiger partial charge in [0.05, 0.1) is 10.6 Å². The summed E-state index contributed by atoms with van der Waals surface area (Å²) in [5.41, 5.74) is 0.0784. The first-order chi connectivity index (χ1) is 9.90. The SMILES string of the molecule is C[C@@]12CCC(=O)N1[C@H](C(=O)Nc1ccc(Cl)cc1F)CS2. The third-order valence-corrected chi connectivity index (χ3v) is 5.68. The summed E-state index contributed by atoms with van der Waals surface area (Å²) in [6, 6.07) is 3.52. The molecule has 21 heavy (non-hydrogen) atoms. The summed E-state index contributed by atoms with van der Waals surface area (Å²) in [6.07, 6.45) is 1.21. The molecule has 2 aliphatic heterocycles. The molecule has 3 rings (SSSR count). The first-order valence-electron chi connectivity index (χ1n) is 6.63. The lowest BCUT2D eigenvalue weighted by Gasteiger charge is -2.29. The number of carbonyl (C=O) groups is 2. The molecule has 2 atom stereocenters. The second-order valence-corrected chi connectivity index (χ2v) is 7.32. The van der Waals surface area contributed by atoms with Crippen molar-refractivity contribution in [2.45, 2.75) is 30.7 Å².